The molecule has 0 saturated carbocycles. The Morgan fingerprint density at radius 1 is 0.889 bits per heavy atom. The molecule has 5 rings (SSSR count). The highest BCUT2D eigenvalue weighted by atomic mass is 16.5. The summed E-state index contributed by atoms with van der Waals surface area (Å²) in [5, 5.41) is 6.35. The molecule has 0 aliphatic heterocycles. The first-order valence-electron chi connectivity index (χ1n) is 12.0. The van der Waals surface area contributed by atoms with Crippen LogP contribution in [0.1, 0.15) is 29.2 Å². The van der Waals surface area contributed by atoms with Crippen molar-refractivity contribution in [3.8, 4) is 16.9 Å². The summed E-state index contributed by atoms with van der Waals surface area (Å²) in [6.07, 6.45) is 3.44. The van der Waals surface area contributed by atoms with Gasteiger partial charge in [0.15, 0.2) is 0 Å². The molecule has 0 spiro atoms. The lowest BCUT2D eigenvalue weighted by atomic mass is 9.94. The van der Waals surface area contributed by atoms with Crippen LogP contribution in [-0.2, 0) is 4.79 Å². The molecule has 1 N–H and O–H groups in total. The first-order chi connectivity index (χ1) is 17.4. The van der Waals surface area contributed by atoms with E-state index in [1.165, 1.54) is 5.39 Å². The standard InChI is InChI=1S/C32H29NO3/c1-19-10-8-15-29(21(19)3)33-30(34)16-20(2)26-17-27-28(18-36-32(27)22(4)31(26)35-5)25-14-9-12-23-11-6-7-13-24(23)25/h6-18H,1-5H3,(H,33,34)/b20-16+. The molecular weight excluding hydrogens is 446 g/mol. The van der Waals surface area contributed by atoms with Gasteiger partial charge in [0.2, 0.25) is 5.91 Å². The minimum atomic E-state index is -0.178. The van der Waals surface area contributed by atoms with Crippen molar-refractivity contribution >= 4 is 38.9 Å². The van der Waals surface area contributed by atoms with Crippen molar-refractivity contribution in [3.63, 3.8) is 0 Å². The molecule has 0 unspecified atom stereocenters. The fourth-order valence-corrected chi connectivity index (χ4v) is 4.87. The Balaban J connectivity index is 1.61. The maximum absolute atomic E-state index is 12.9. The first kappa shape index (κ1) is 23.4. The summed E-state index contributed by atoms with van der Waals surface area (Å²) < 4.78 is 11.9. The topological polar surface area (TPSA) is 51.5 Å². The molecule has 180 valence electrons. The smallest absolute Gasteiger partial charge is 0.248 e. The van der Waals surface area contributed by atoms with E-state index in [4.69, 9.17) is 9.15 Å². The molecule has 36 heavy (non-hydrogen) atoms. The van der Waals surface area contributed by atoms with Gasteiger partial charge in [-0.15, -0.1) is 0 Å². The number of methoxy groups -OCH3 is 1. The number of ether oxygens (including phenoxy) is 1. The number of nitrogens with one attached hydrogen (secondary N) is 1. The van der Waals surface area contributed by atoms with Gasteiger partial charge in [0.25, 0.3) is 0 Å². The summed E-state index contributed by atoms with van der Waals surface area (Å²) in [7, 11) is 1.65. The summed E-state index contributed by atoms with van der Waals surface area (Å²) in [5.41, 5.74) is 8.49. The molecule has 4 aromatic carbocycles. The number of amides is 1. The van der Waals surface area contributed by atoms with Crippen LogP contribution in [-0.4, -0.2) is 13.0 Å². The summed E-state index contributed by atoms with van der Waals surface area (Å²) in [6.45, 7) is 7.97. The summed E-state index contributed by atoms with van der Waals surface area (Å²) in [4.78, 5) is 12.9. The molecule has 0 bridgehead atoms. The maximum atomic E-state index is 12.9. The van der Waals surface area contributed by atoms with E-state index in [-0.39, 0.29) is 5.91 Å². The largest absolute Gasteiger partial charge is 0.496 e. The number of carbonyl (C=O) groups is 1. The number of fused-ring (bicyclic) bond motifs is 2. The summed E-state index contributed by atoms with van der Waals surface area (Å²) in [6, 6.07) is 22.6. The number of rotatable bonds is 5. The van der Waals surface area contributed by atoms with Gasteiger partial charge in [0.05, 0.1) is 13.4 Å². The Labute approximate surface area is 211 Å². The number of hydrogen-bond acceptors (Lipinski definition) is 3. The van der Waals surface area contributed by atoms with Crippen molar-refractivity contribution < 1.29 is 13.9 Å². The van der Waals surface area contributed by atoms with E-state index >= 15 is 0 Å². The second-order valence-electron chi connectivity index (χ2n) is 9.20. The lowest BCUT2D eigenvalue weighted by Gasteiger charge is -2.14. The van der Waals surface area contributed by atoms with Gasteiger partial charge in [-0.1, -0.05) is 54.6 Å². The van der Waals surface area contributed by atoms with E-state index in [1.807, 2.05) is 58.2 Å². The third-order valence-corrected chi connectivity index (χ3v) is 6.96. The van der Waals surface area contributed by atoms with Gasteiger partial charge < -0.3 is 14.5 Å². The highest BCUT2D eigenvalue weighted by Gasteiger charge is 2.19. The number of hydrogen-bond donors (Lipinski definition) is 1. The molecule has 1 aromatic heterocycles. The Bertz CT molecular complexity index is 1650. The van der Waals surface area contributed by atoms with Crippen LogP contribution in [0.2, 0.25) is 0 Å². The van der Waals surface area contributed by atoms with Crippen LogP contribution in [0.25, 0.3) is 38.4 Å². The summed E-state index contributed by atoms with van der Waals surface area (Å²) >= 11 is 0. The Morgan fingerprint density at radius 3 is 2.44 bits per heavy atom. The van der Waals surface area contributed by atoms with Gasteiger partial charge in [0.1, 0.15) is 11.3 Å². The molecular formula is C32H29NO3. The van der Waals surface area contributed by atoms with Crippen LogP contribution in [0.15, 0.2) is 83.5 Å². The predicted octanol–water partition coefficient (Wildman–Crippen LogP) is 8.23. The maximum Gasteiger partial charge on any atom is 0.248 e. The monoisotopic (exact) mass is 475 g/mol. The third kappa shape index (κ3) is 4.05. The zero-order valence-corrected chi connectivity index (χ0v) is 21.2. The molecule has 1 heterocycles. The van der Waals surface area contributed by atoms with Gasteiger partial charge in [-0.2, -0.15) is 0 Å². The number of anilines is 1. The Hall–Kier alpha value is -4.31. The zero-order chi connectivity index (χ0) is 25.4. The normalized spacial score (nSPS) is 11.8. The molecule has 0 saturated heterocycles. The van der Waals surface area contributed by atoms with Gasteiger partial charge >= 0.3 is 0 Å². The zero-order valence-electron chi connectivity index (χ0n) is 21.2. The molecule has 0 aliphatic rings. The molecule has 4 heteroatoms. The lowest BCUT2D eigenvalue weighted by molar-refractivity contribution is -0.111. The number of furan rings is 1. The average Bonchev–Trinajstić information content (AvgIpc) is 3.30. The fraction of sp³-hybridized carbons (Fsp3) is 0.156. The average molecular weight is 476 g/mol. The third-order valence-electron chi connectivity index (χ3n) is 6.96. The number of benzene rings is 4. The second kappa shape index (κ2) is 9.38. The fourth-order valence-electron chi connectivity index (χ4n) is 4.87. The van der Waals surface area contributed by atoms with E-state index in [9.17, 15) is 4.79 Å². The molecule has 4 nitrogen and oxygen atoms in total. The number of aryl methyl sites for hydroxylation is 2. The van der Waals surface area contributed by atoms with Gasteiger partial charge in [-0.05, 0) is 72.9 Å². The molecule has 5 aromatic rings. The van der Waals surface area contributed by atoms with Crippen LogP contribution in [0.5, 0.6) is 5.75 Å². The Kier molecular flexibility index (Phi) is 6.11. The molecule has 0 radical (unpaired) electrons. The van der Waals surface area contributed by atoms with E-state index in [0.29, 0.717) is 5.75 Å². The van der Waals surface area contributed by atoms with Crippen molar-refractivity contribution in [2.45, 2.75) is 27.7 Å². The van der Waals surface area contributed by atoms with E-state index in [1.54, 1.807) is 13.2 Å². The van der Waals surface area contributed by atoms with Crippen LogP contribution in [0.4, 0.5) is 5.69 Å². The highest BCUT2D eigenvalue weighted by molar-refractivity contribution is 6.08. The summed E-state index contributed by atoms with van der Waals surface area (Å²) in [5.74, 6) is 0.525. The van der Waals surface area contributed by atoms with Gasteiger partial charge in [-0.25, -0.2) is 0 Å². The first-order valence-corrected chi connectivity index (χ1v) is 12.0. The van der Waals surface area contributed by atoms with E-state index < -0.39 is 0 Å². The van der Waals surface area contributed by atoms with E-state index in [2.05, 4.69) is 47.8 Å². The van der Waals surface area contributed by atoms with Crippen molar-refractivity contribution in [1.29, 1.82) is 0 Å². The SMILES string of the molecule is COc1c(/C(C)=C/C(=O)Nc2cccc(C)c2C)cc2c(-c3cccc4ccccc34)coc2c1C. The van der Waals surface area contributed by atoms with Crippen molar-refractivity contribution in [1.82, 2.24) is 0 Å². The number of allylic oxidation sites excluding steroid dienone is 1. The minimum absolute atomic E-state index is 0.178. The molecule has 1 amide bonds. The number of carbonyl (C=O) groups excluding carboxylic acids is 1. The van der Waals surface area contributed by atoms with Crippen molar-refractivity contribution in [2.75, 3.05) is 12.4 Å². The molecule has 0 atom stereocenters. The minimum Gasteiger partial charge on any atom is -0.496 e. The molecule has 0 aliphatic carbocycles. The van der Waals surface area contributed by atoms with Crippen LogP contribution >= 0.6 is 0 Å². The van der Waals surface area contributed by atoms with Crippen LogP contribution < -0.4 is 10.1 Å². The van der Waals surface area contributed by atoms with E-state index in [0.717, 1.165) is 61.0 Å². The lowest BCUT2D eigenvalue weighted by Crippen LogP contribution is -2.10. The van der Waals surface area contributed by atoms with Crippen LogP contribution in [0, 0.1) is 20.8 Å². The van der Waals surface area contributed by atoms with Crippen molar-refractivity contribution in [3.05, 3.63) is 101 Å². The Morgan fingerprint density at radius 2 is 1.64 bits per heavy atom. The van der Waals surface area contributed by atoms with Crippen molar-refractivity contribution in [2.24, 2.45) is 0 Å². The second-order valence-corrected chi connectivity index (χ2v) is 9.20. The van der Waals surface area contributed by atoms with Gasteiger partial charge in [0, 0.05) is 33.8 Å². The van der Waals surface area contributed by atoms with Crippen LogP contribution in [0.3, 0.4) is 0 Å². The predicted molar refractivity (Wildman–Crippen MR) is 149 cm³/mol. The quantitative estimate of drug-likeness (QED) is 0.261. The molecule has 0 fully saturated rings. The highest BCUT2D eigenvalue weighted by Crippen LogP contribution is 2.42. The van der Waals surface area contributed by atoms with Gasteiger partial charge in [-0.3, -0.25) is 4.79 Å².